The van der Waals surface area contributed by atoms with E-state index in [1.54, 1.807) is 22.9 Å². The number of halogens is 1. The number of hydrogen-bond acceptors (Lipinski definition) is 6. The molecule has 0 saturated carbocycles. The van der Waals surface area contributed by atoms with Gasteiger partial charge in [0.05, 0.1) is 16.3 Å². The lowest BCUT2D eigenvalue weighted by atomic mass is 10.1. The zero-order valence-electron chi connectivity index (χ0n) is 20.1. The van der Waals surface area contributed by atoms with Gasteiger partial charge in [0.1, 0.15) is 0 Å². The number of carbonyl (C=O) groups is 2. The third kappa shape index (κ3) is 6.13. The summed E-state index contributed by atoms with van der Waals surface area (Å²) in [4.78, 5) is 28.5. The molecule has 0 radical (unpaired) electrons. The molecule has 5 rings (SSSR count). The van der Waals surface area contributed by atoms with Crippen LogP contribution in [0, 0.1) is 0 Å². The van der Waals surface area contributed by atoms with E-state index in [1.165, 1.54) is 24.3 Å². The van der Waals surface area contributed by atoms with Crippen molar-refractivity contribution in [1.82, 2.24) is 25.1 Å². The summed E-state index contributed by atoms with van der Waals surface area (Å²) in [6.07, 6.45) is 7.55. The number of likely N-dealkylation sites (tertiary alicyclic amines) is 1. The second-order valence-corrected chi connectivity index (χ2v) is 11.0. The summed E-state index contributed by atoms with van der Waals surface area (Å²) >= 11 is 12.7. The molecule has 190 valence electrons. The van der Waals surface area contributed by atoms with E-state index >= 15 is 0 Å². The lowest BCUT2D eigenvalue weighted by Gasteiger charge is -2.26. The number of nitrogens with zero attached hydrogens (tertiary/aromatic N) is 4. The highest BCUT2D eigenvalue weighted by atomic mass is 35.5. The summed E-state index contributed by atoms with van der Waals surface area (Å²) in [6, 6.07) is 17.1. The van der Waals surface area contributed by atoms with Gasteiger partial charge in [-0.3, -0.25) is 15.0 Å². The van der Waals surface area contributed by atoms with E-state index in [4.69, 9.17) is 28.9 Å². The molecule has 3 aromatic rings. The fraction of sp³-hybridized carbons (Fsp3) is 0.259. The molecule has 0 spiro atoms. The van der Waals surface area contributed by atoms with E-state index in [9.17, 15) is 9.59 Å². The van der Waals surface area contributed by atoms with Gasteiger partial charge in [-0.05, 0) is 68.5 Å². The van der Waals surface area contributed by atoms with Crippen LogP contribution in [0.5, 0.6) is 0 Å². The molecule has 10 heteroatoms. The second-order valence-electron chi connectivity index (χ2n) is 8.92. The Hall–Kier alpha value is -2.98. The summed E-state index contributed by atoms with van der Waals surface area (Å²) in [7, 11) is 0. The number of aromatic nitrogens is 2. The number of piperidine rings is 1. The molecule has 2 saturated heterocycles. The molecule has 0 aliphatic carbocycles. The van der Waals surface area contributed by atoms with Gasteiger partial charge in [-0.2, -0.15) is 10.1 Å². The topological polar surface area (TPSA) is 70.5 Å². The summed E-state index contributed by atoms with van der Waals surface area (Å²) in [6.45, 7) is 2.72. The third-order valence-corrected chi connectivity index (χ3v) is 7.86. The standard InChI is InChI=1S/C27H26ClN5O2S2/c28-21-11-9-19(10-12-21)25-20(18-32(30-25)22-7-3-1-4-8-22)17-23-26(35)33(27(36)37-23)29-24(34)13-16-31-14-5-2-6-15-31/h1,3-4,7-12,17-18H,2,5-6,13-16H2,(H,29,34)/b23-17+. The van der Waals surface area contributed by atoms with Gasteiger partial charge in [-0.1, -0.05) is 60.1 Å². The summed E-state index contributed by atoms with van der Waals surface area (Å²) < 4.78 is 2.07. The Kier molecular flexibility index (Phi) is 8.05. The molecule has 2 aliphatic rings. The molecule has 2 aromatic carbocycles. The van der Waals surface area contributed by atoms with Crippen LogP contribution in [0.4, 0.5) is 0 Å². The van der Waals surface area contributed by atoms with Crippen LogP contribution >= 0.6 is 35.6 Å². The van der Waals surface area contributed by atoms with E-state index in [0.29, 0.717) is 32.9 Å². The first-order chi connectivity index (χ1) is 18.0. The molecule has 2 fully saturated rings. The van der Waals surface area contributed by atoms with E-state index in [1.807, 2.05) is 48.7 Å². The first-order valence-electron chi connectivity index (χ1n) is 12.2. The zero-order valence-corrected chi connectivity index (χ0v) is 22.5. The van der Waals surface area contributed by atoms with Crippen LogP contribution in [0.1, 0.15) is 31.2 Å². The number of hydrazine groups is 1. The molecule has 0 atom stereocenters. The maximum atomic E-state index is 13.2. The van der Waals surface area contributed by atoms with Crippen molar-refractivity contribution in [3.8, 4) is 16.9 Å². The van der Waals surface area contributed by atoms with E-state index < -0.39 is 0 Å². The average molecular weight is 552 g/mol. The van der Waals surface area contributed by atoms with Crippen LogP contribution in [0.25, 0.3) is 23.0 Å². The Morgan fingerprint density at radius 2 is 1.81 bits per heavy atom. The predicted octanol–water partition coefficient (Wildman–Crippen LogP) is 5.30. The van der Waals surface area contributed by atoms with Gasteiger partial charge >= 0.3 is 0 Å². The van der Waals surface area contributed by atoms with E-state index in [0.717, 1.165) is 41.7 Å². The van der Waals surface area contributed by atoms with Gasteiger partial charge < -0.3 is 4.90 Å². The first-order valence-corrected chi connectivity index (χ1v) is 13.8. The lowest BCUT2D eigenvalue weighted by Crippen LogP contribution is -2.46. The van der Waals surface area contributed by atoms with Crippen molar-refractivity contribution in [3.05, 3.63) is 76.3 Å². The monoisotopic (exact) mass is 551 g/mol. The normalized spacial score (nSPS) is 17.5. The van der Waals surface area contributed by atoms with Crippen molar-refractivity contribution in [3.63, 3.8) is 0 Å². The lowest BCUT2D eigenvalue weighted by molar-refractivity contribution is -0.133. The summed E-state index contributed by atoms with van der Waals surface area (Å²) in [5.74, 6) is -0.572. The molecule has 37 heavy (non-hydrogen) atoms. The van der Waals surface area contributed by atoms with Gasteiger partial charge in [0.15, 0.2) is 4.32 Å². The number of carbonyl (C=O) groups excluding carboxylic acids is 2. The minimum atomic E-state index is -0.351. The molecule has 2 aliphatic heterocycles. The largest absolute Gasteiger partial charge is 0.303 e. The maximum Gasteiger partial charge on any atom is 0.285 e. The van der Waals surface area contributed by atoms with Gasteiger partial charge in [0.25, 0.3) is 5.91 Å². The van der Waals surface area contributed by atoms with Crippen LogP contribution in [-0.2, 0) is 9.59 Å². The maximum absolute atomic E-state index is 13.2. The number of nitrogens with one attached hydrogen (secondary N) is 1. The van der Waals surface area contributed by atoms with Crippen LogP contribution in [0.15, 0.2) is 65.7 Å². The number of para-hydroxylation sites is 1. The Labute approximate surface area is 230 Å². The van der Waals surface area contributed by atoms with Crippen LogP contribution in [-0.4, -0.2) is 55.5 Å². The van der Waals surface area contributed by atoms with Crippen molar-refractivity contribution in [2.24, 2.45) is 0 Å². The average Bonchev–Trinajstić information content (AvgIpc) is 3.45. The van der Waals surface area contributed by atoms with Crippen molar-refractivity contribution in [2.45, 2.75) is 25.7 Å². The summed E-state index contributed by atoms with van der Waals surface area (Å²) in [5.41, 5.74) is 5.92. The number of amides is 2. The van der Waals surface area contributed by atoms with Crippen molar-refractivity contribution in [1.29, 1.82) is 0 Å². The summed E-state index contributed by atoms with van der Waals surface area (Å²) in [5, 5.41) is 6.59. The molecular formula is C27H26ClN5O2S2. The van der Waals surface area contributed by atoms with Gasteiger partial charge in [-0.15, -0.1) is 0 Å². The number of benzene rings is 2. The number of hydrogen-bond donors (Lipinski definition) is 1. The molecule has 1 N–H and O–H groups in total. The molecule has 3 heterocycles. The molecule has 0 bridgehead atoms. The zero-order chi connectivity index (χ0) is 25.8. The van der Waals surface area contributed by atoms with Crippen LogP contribution in [0.3, 0.4) is 0 Å². The SMILES string of the molecule is O=C(CCN1CCCCC1)NN1C(=O)/C(=C\c2cn(-c3ccccc3)nc2-c2ccc(Cl)cc2)SC1=S. The highest BCUT2D eigenvalue weighted by molar-refractivity contribution is 8.26. The van der Waals surface area contributed by atoms with Gasteiger partial charge in [0.2, 0.25) is 5.91 Å². The Morgan fingerprint density at radius 1 is 1.08 bits per heavy atom. The third-order valence-electron chi connectivity index (χ3n) is 6.30. The smallest absolute Gasteiger partial charge is 0.285 e. The van der Waals surface area contributed by atoms with Gasteiger partial charge in [0, 0.05) is 35.3 Å². The molecule has 0 unspecified atom stereocenters. The van der Waals surface area contributed by atoms with Gasteiger partial charge in [-0.25, -0.2) is 4.68 Å². The second kappa shape index (κ2) is 11.6. The van der Waals surface area contributed by atoms with Crippen molar-refractivity contribution < 1.29 is 9.59 Å². The highest BCUT2D eigenvalue weighted by Gasteiger charge is 2.34. The Morgan fingerprint density at radius 3 is 2.54 bits per heavy atom. The van der Waals surface area contributed by atoms with Crippen LogP contribution in [0.2, 0.25) is 5.02 Å². The fourth-order valence-electron chi connectivity index (χ4n) is 4.37. The predicted molar refractivity (Wildman–Crippen MR) is 152 cm³/mol. The highest BCUT2D eigenvalue weighted by Crippen LogP contribution is 2.34. The Balaban J connectivity index is 1.36. The number of rotatable bonds is 7. The molecule has 1 aromatic heterocycles. The number of thiocarbonyl (C=S) groups is 1. The minimum absolute atomic E-state index is 0.220. The first kappa shape index (κ1) is 25.7. The minimum Gasteiger partial charge on any atom is -0.303 e. The molecular weight excluding hydrogens is 526 g/mol. The van der Waals surface area contributed by atoms with Crippen molar-refractivity contribution in [2.75, 3.05) is 19.6 Å². The Bertz CT molecular complexity index is 1330. The van der Waals surface area contributed by atoms with Crippen molar-refractivity contribution >= 4 is 57.8 Å². The fourth-order valence-corrected chi connectivity index (χ4v) is 5.66. The molecule has 7 nitrogen and oxygen atoms in total. The molecule has 2 amide bonds. The number of thioether (sulfide) groups is 1. The van der Waals surface area contributed by atoms with Crippen LogP contribution < -0.4 is 5.43 Å². The van der Waals surface area contributed by atoms with E-state index in [2.05, 4.69) is 10.3 Å². The van der Waals surface area contributed by atoms with E-state index in [-0.39, 0.29) is 11.8 Å². The quantitative estimate of drug-likeness (QED) is 0.317.